The van der Waals surface area contributed by atoms with Gasteiger partial charge in [-0.05, 0) is 38.8 Å². The van der Waals surface area contributed by atoms with Crippen LogP contribution in [0.5, 0.6) is 0 Å². The molecule has 0 amide bonds. The molecule has 0 N–H and O–H groups in total. The molecule has 1 aliphatic heterocycles. The number of hydrogen-bond acceptors (Lipinski definition) is 1. The first-order chi connectivity index (χ1) is 7.25. The fourth-order valence-corrected chi connectivity index (χ4v) is 2.44. The summed E-state index contributed by atoms with van der Waals surface area (Å²) < 4.78 is 0. The van der Waals surface area contributed by atoms with E-state index < -0.39 is 0 Å². The number of hydrogen-bond donors (Lipinski definition) is 0. The lowest BCUT2D eigenvalue weighted by Gasteiger charge is -2.33. The van der Waals surface area contributed by atoms with Crippen molar-refractivity contribution >= 4 is 0 Å². The Bertz CT molecular complexity index is 319. The van der Waals surface area contributed by atoms with Crippen molar-refractivity contribution in [2.45, 2.75) is 45.7 Å². The Labute approximate surface area is 93.1 Å². The van der Waals surface area contributed by atoms with E-state index in [2.05, 4.69) is 43.0 Å². The smallest absolute Gasteiger partial charge is 0.0236 e. The quantitative estimate of drug-likeness (QED) is 0.712. The van der Waals surface area contributed by atoms with E-state index in [0.29, 0.717) is 0 Å². The van der Waals surface area contributed by atoms with E-state index in [-0.39, 0.29) is 0 Å². The van der Waals surface area contributed by atoms with Crippen LogP contribution in [0.4, 0.5) is 0 Å². The Hall–Kier alpha value is -0.820. The first kappa shape index (κ1) is 10.7. The number of aryl methyl sites for hydroxylation is 1. The third-order valence-electron chi connectivity index (χ3n) is 3.41. The second-order valence-electron chi connectivity index (χ2n) is 4.80. The van der Waals surface area contributed by atoms with Gasteiger partial charge >= 0.3 is 0 Å². The molecule has 1 heteroatoms. The van der Waals surface area contributed by atoms with Gasteiger partial charge < -0.3 is 0 Å². The zero-order valence-electron chi connectivity index (χ0n) is 9.87. The summed E-state index contributed by atoms with van der Waals surface area (Å²) in [5.41, 5.74) is 2.83. The number of piperidine rings is 1. The highest BCUT2D eigenvalue weighted by Gasteiger charge is 2.17. The molecular weight excluding hydrogens is 182 g/mol. The molecule has 1 aromatic rings. The molecule has 15 heavy (non-hydrogen) atoms. The Morgan fingerprint density at radius 3 is 2.93 bits per heavy atom. The van der Waals surface area contributed by atoms with E-state index >= 15 is 0 Å². The minimum Gasteiger partial charge on any atom is -0.296 e. The molecule has 0 aromatic heterocycles. The summed E-state index contributed by atoms with van der Waals surface area (Å²) in [5, 5.41) is 0. The number of benzene rings is 1. The van der Waals surface area contributed by atoms with E-state index in [1.54, 1.807) is 0 Å². The fourth-order valence-electron chi connectivity index (χ4n) is 2.44. The maximum absolute atomic E-state index is 2.61. The van der Waals surface area contributed by atoms with Crippen molar-refractivity contribution in [3.63, 3.8) is 0 Å². The molecule has 1 heterocycles. The van der Waals surface area contributed by atoms with Crippen molar-refractivity contribution in [3.05, 3.63) is 35.4 Å². The van der Waals surface area contributed by atoms with E-state index in [9.17, 15) is 0 Å². The van der Waals surface area contributed by atoms with Crippen LogP contribution in [0.1, 0.15) is 37.3 Å². The van der Waals surface area contributed by atoms with Crippen molar-refractivity contribution in [2.75, 3.05) is 6.54 Å². The summed E-state index contributed by atoms with van der Waals surface area (Å²) in [6.07, 6.45) is 4.15. The molecule has 0 aliphatic carbocycles. The molecule has 0 saturated carbocycles. The van der Waals surface area contributed by atoms with E-state index in [1.807, 2.05) is 0 Å². The number of nitrogens with zero attached hydrogens (tertiary/aromatic N) is 1. The molecule has 0 spiro atoms. The lowest BCUT2D eigenvalue weighted by atomic mass is 10.0. The predicted molar refractivity (Wildman–Crippen MR) is 64.9 cm³/mol. The third kappa shape index (κ3) is 2.82. The minimum absolute atomic E-state index is 0.763. The number of likely N-dealkylation sites (tertiary alicyclic amines) is 1. The molecule has 1 aliphatic rings. The summed E-state index contributed by atoms with van der Waals surface area (Å²) >= 11 is 0. The molecule has 1 saturated heterocycles. The van der Waals surface area contributed by atoms with Crippen LogP contribution >= 0.6 is 0 Å². The van der Waals surface area contributed by atoms with Gasteiger partial charge in [0.1, 0.15) is 0 Å². The highest BCUT2D eigenvalue weighted by atomic mass is 15.2. The molecular formula is C14H21N. The van der Waals surface area contributed by atoms with Crippen LogP contribution in [0.15, 0.2) is 24.3 Å². The zero-order valence-corrected chi connectivity index (χ0v) is 9.87. The average molecular weight is 203 g/mol. The normalized spacial score (nSPS) is 22.9. The summed E-state index contributed by atoms with van der Waals surface area (Å²) in [4.78, 5) is 2.61. The van der Waals surface area contributed by atoms with Crippen LogP contribution in [0.3, 0.4) is 0 Å². The molecule has 0 radical (unpaired) electrons. The maximum Gasteiger partial charge on any atom is 0.0236 e. The minimum atomic E-state index is 0.763. The molecule has 2 rings (SSSR count). The van der Waals surface area contributed by atoms with Gasteiger partial charge in [0.2, 0.25) is 0 Å². The molecule has 0 unspecified atom stereocenters. The predicted octanol–water partition coefficient (Wildman–Crippen LogP) is 3.37. The highest BCUT2D eigenvalue weighted by Crippen LogP contribution is 2.19. The lowest BCUT2D eigenvalue weighted by Crippen LogP contribution is -2.36. The Morgan fingerprint density at radius 2 is 2.20 bits per heavy atom. The molecule has 1 atom stereocenters. The van der Waals surface area contributed by atoms with E-state index in [4.69, 9.17) is 0 Å². The maximum atomic E-state index is 2.61. The van der Waals surface area contributed by atoms with Gasteiger partial charge in [-0.25, -0.2) is 0 Å². The largest absolute Gasteiger partial charge is 0.296 e. The SMILES string of the molecule is Cc1cccc(CN2CCCC[C@@H]2C)c1. The van der Waals surface area contributed by atoms with Gasteiger partial charge in [0.25, 0.3) is 0 Å². The van der Waals surface area contributed by atoms with Gasteiger partial charge in [-0.15, -0.1) is 0 Å². The Morgan fingerprint density at radius 1 is 1.33 bits per heavy atom. The van der Waals surface area contributed by atoms with Crippen molar-refractivity contribution in [2.24, 2.45) is 0 Å². The topological polar surface area (TPSA) is 3.24 Å². The van der Waals surface area contributed by atoms with Gasteiger partial charge in [0.05, 0.1) is 0 Å². The van der Waals surface area contributed by atoms with Crippen LogP contribution < -0.4 is 0 Å². The van der Waals surface area contributed by atoms with Crippen LogP contribution in [0, 0.1) is 6.92 Å². The van der Waals surface area contributed by atoms with Gasteiger partial charge in [-0.1, -0.05) is 36.2 Å². The molecule has 1 fully saturated rings. The lowest BCUT2D eigenvalue weighted by molar-refractivity contribution is 0.152. The summed E-state index contributed by atoms with van der Waals surface area (Å²) in [7, 11) is 0. The van der Waals surface area contributed by atoms with Crippen LogP contribution in [0.25, 0.3) is 0 Å². The van der Waals surface area contributed by atoms with Gasteiger partial charge in [0.15, 0.2) is 0 Å². The van der Waals surface area contributed by atoms with Gasteiger partial charge in [-0.2, -0.15) is 0 Å². The highest BCUT2D eigenvalue weighted by molar-refractivity contribution is 5.22. The van der Waals surface area contributed by atoms with Crippen molar-refractivity contribution in [3.8, 4) is 0 Å². The monoisotopic (exact) mass is 203 g/mol. The van der Waals surface area contributed by atoms with E-state index in [1.165, 1.54) is 36.9 Å². The summed E-state index contributed by atoms with van der Waals surface area (Å²) in [6.45, 7) is 6.93. The number of rotatable bonds is 2. The van der Waals surface area contributed by atoms with Gasteiger partial charge in [0, 0.05) is 12.6 Å². The summed E-state index contributed by atoms with van der Waals surface area (Å²) in [5.74, 6) is 0. The fraction of sp³-hybridized carbons (Fsp3) is 0.571. The van der Waals surface area contributed by atoms with E-state index in [0.717, 1.165) is 12.6 Å². The average Bonchev–Trinajstić information content (AvgIpc) is 2.22. The molecule has 82 valence electrons. The molecule has 1 nitrogen and oxygen atoms in total. The summed E-state index contributed by atoms with van der Waals surface area (Å²) in [6, 6.07) is 9.65. The second kappa shape index (κ2) is 4.80. The van der Waals surface area contributed by atoms with Crippen LogP contribution in [0.2, 0.25) is 0 Å². The van der Waals surface area contributed by atoms with Crippen molar-refractivity contribution in [1.82, 2.24) is 4.90 Å². The van der Waals surface area contributed by atoms with Crippen LogP contribution in [-0.4, -0.2) is 17.5 Å². The van der Waals surface area contributed by atoms with Gasteiger partial charge in [-0.3, -0.25) is 4.90 Å². The van der Waals surface area contributed by atoms with Crippen LogP contribution in [-0.2, 0) is 6.54 Å². The molecule has 0 bridgehead atoms. The standard InChI is InChI=1S/C14H21N/c1-12-6-5-8-14(10-12)11-15-9-4-3-7-13(15)2/h5-6,8,10,13H,3-4,7,9,11H2,1-2H3/t13-/m0/s1. The Kier molecular flexibility index (Phi) is 3.42. The Balaban J connectivity index is 2.01. The van der Waals surface area contributed by atoms with Crippen molar-refractivity contribution in [1.29, 1.82) is 0 Å². The third-order valence-corrected chi connectivity index (χ3v) is 3.41. The van der Waals surface area contributed by atoms with Crippen molar-refractivity contribution < 1.29 is 0 Å². The zero-order chi connectivity index (χ0) is 10.7. The first-order valence-corrected chi connectivity index (χ1v) is 6.05. The molecule has 1 aromatic carbocycles. The first-order valence-electron chi connectivity index (χ1n) is 6.05. The second-order valence-corrected chi connectivity index (χ2v) is 4.80.